The molecular formula is C16H15Br2N3O2. The van der Waals surface area contributed by atoms with E-state index in [9.17, 15) is 4.79 Å². The first-order valence-corrected chi connectivity index (χ1v) is 8.85. The van der Waals surface area contributed by atoms with E-state index < -0.39 is 0 Å². The van der Waals surface area contributed by atoms with Crippen molar-refractivity contribution >= 4 is 49.7 Å². The summed E-state index contributed by atoms with van der Waals surface area (Å²) in [6.45, 7) is 2.17. The van der Waals surface area contributed by atoms with Gasteiger partial charge in [-0.2, -0.15) is 5.10 Å². The molecule has 5 nitrogen and oxygen atoms in total. The number of carbonyl (C=O) groups excluding carboxylic acids is 1. The van der Waals surface area contributed by atoms with Crippen molar-refractivity contribution in [2.75, 3.05) is 18.0 Å². The molecule has 120 valence electrons. The molecular weight excluding hydrogens is 426 g/mol. The first kappa shape index (κ1) is 16.3. The van der Waals surface area contributed by atoms with Crippen LogP contribution < -0.4 is 10.3 Å². The van der Waals surface area contributed by atoms with Gasteiger partial charge in [-0.25, -0.2) is 5.43 Å². The van der Waals surface area contributed by atoms with Gasteiger partial charge in [0.05, 0.1) is 10.7 Å². The Morgan fingerprint density at radius 3 is 2.52 bits per heavy atom. The van der Waals surface area contributed by atoms with Crippen LogP contribution in [0.3, 0.4) is 0 Å². The van der Waals surface area contributed by atoms with Crippen molar-refractivity contribution in [2.24, 2.45) is 5.10 Å². The van der Waals surface area contributed by atoms with E-state index in [1.165, 1.54) is 19.1 Å². The number of amides is 1. The van der Waals surface area contributed by atoms with Gasteiger partial charge in [0.2, 0.25) is 0 Å². The SMILES string of the molecule is O=C(N/N=C\c1cc(Br)c(Br)o1)c1ccc(N2CCCC2)cc1. The minimum absolute atomic E-state index is 0.251. The molecule has 3 rings (SSSR count). The summed E-state index contributed by atoms with van der Waals surface area (Å²) in [4.78, 5) is 14.4. The average Bonchev–Trinajstić information content (AvgIpc) is 3.18. The second-order valence-electron chi connectivity index (χ2n) is 5.21. The molecule has 0 bridgehead atoms. The van der Waals surface area contributed by atoms with Gasteiger partial charge in [0.25, 0.3) is 5.91 Å². The van der Waals surface area contributed by atoms with Crippen molar-refractivity contribution in [3.63, 3.8) is 0 Å². The van der Waals surface area contributed by atoms with Gasteiger partial charge in [-0.15, -0.1) is 0 Å². The lowest BCUT2D eigenvalue weighted by Gasteiger charge is -2.17. The zero-order chi connectivity index (χ0) is 16.2. The molecule has 0 atom stereocenters. The van der Waals surface area contributed by atoms with Crippen molar-refractivity contribution in [3.05, 3.63) is 50.8 Å². The van der Waals surface area contributed by atoms with Gasteiger partial charge < -0.3 is 9.32 Å². The van der Waals surface area contributed by atoms with Crippen molar-refractivity contribution < 1.29 is 9.21 Å². The lowest BCUT2D eigenvalue weighted by molar-refractivity contribution is 0.0955. The summed E-state index contributed by atoms with van der Waals surface area (Å²) in [7, 11) is 0. The van der Waals surface area contributed by atoms with E-state index in [2.05, 4.69) is 47.3 Å². The second kappa shape index (κ2) is 7.31. The Labute approximate surface area is 151 Å². The number of halogens is 2. The van der Waals surface area contributed by atoms with Crippen molar-refractivity contribution in [2.45, 2.75) is 12.8 Å². The van der Waals surface area contributed by atoms with Crippen molar-refractivity contribution in [1.82, 2.24) is 5.43 Å². The number of rotatable bonds is 4. The van der Waals surface area contributed by atoms with Gasteiger partial charge in [-0.1, -0.05) is 0 Å². The van der Waals surface area contributed by atoms with E-state index in [1.807, 2.05) is 24.3 Å². The number of hydrogen-bond acceptors (Lipinski definition) is 4. The highest BCUT2D eigenvalue weighted by Gasteiger charge is 2.13. The summed E-state index contributed by atoms with van der Waals surface area (Å²) in [6.07, 6.45) is 3.91. The predicted octanol–water partition coefficient (Wildman–Crippen LogP) is 4.17. The molecule has 0 aliphatic carbocycles. The minimum Gasteiger partial charge on any atom is -0.447 e. The van der Waals surface area contributed by atoms with Gasteiger partial charge >= 0.3 is 0 Å². The third kappa shape index (κ3) is 4.03. The Morgan fingerprint density at radius 2 is 1.91 bits per heavy atom. The Hall–Kier alpha value is -1.60. The maximum absolute atomic E-state index is 12.1. The predicted molar refractivity (Wildman–Crippen MR) is 97.1 cm³/mol. The Bertz CT molecular complexity index is 700. The number of furan rings is 1. The smallest absolute Gasteiger partial charge is 0.271 e. The van der Waals surface area contributed by atoms with Crippen LogP contribution in [-0.4, -0.2) is 25.2 Å². The van der Waals surface area contributed by atoms with Crippen LogP contribution in [0, 0.1) is 0 Å². The molecule has 1 N–H and O–H groups in total. The van der Waals surface area contributed by atoms with E-state index in [1.54, 1.807) is 6.07 Å². The molecule has 1 saturated heterocycles. The first-order valence-electron chi connectivity index (χ1n) is 7.27. The molecule has 1 fully saturated rings. The first-order chi connectivity index (χ1) is 11.1. The van der Waals surface area contributed by atoms with Crippen LogP contribution in [-0.2, 0) is 0 Å². The maximum Gasteiger partial charge on any atom is 0.271 e. The number of nitrogens with zero attached hydrogens (tertiary/aromatic N) is 2. The number of hydrogen-bond donors (Lipinski definition) is 1. The van der Waals surface area contributed by atoms with Crippen LogP contribution in [0.1, 0.15) is 29.0 Å². The Kier molecular flexibility index (Phi) is 5.17. The fourth-order valence-corrected chi connectivity index (χ4v) is 3.05. The summed E-state index contributed by atoms with van der Waals surface area (Å²) >= 11 is 6.56. The van der Waals surface area contributed by atoms with Crippen molar-refractivity contribution in [3.8, 4) is 0 Å². The van der Waals surface area contributed by atoms with E-state index in [4.69, 9.17) is 4.42 Å². The van der Waals surface area contributed by atoms with E-state index in [0.29, 0.717) is 16.0 Å². The number of anilines is 1. The quantitative estimate of drug-likeness (QED) is 0.573. The number of carbonyl (C=O) groups is 1. The fraction of sp³-hybridized carbons (Fsp3) is 0.250. The summed E-state index contributed by atoms with van der Waals surface area (Å²) in [5, 5.41) is 3.90. The normalized spacial score (nSPS) is 14.6. The van der Waals surface area contributed by atoms with Gasteiger partial charge in [0.15, 0.2) is 4.67 Å². The van der Waals surface area contributed by atoms with E-state index in [0.717, 1.165) is 23.2 Å². The number of nitrogens with one attached hydrogen (secondary N) is 1. The molecule has 0 spiro atoms. The summed E-state index contributed by atoms with van der Waals surface area (Å²) in [5.74, 6) is 0.285. The van der Waals surface area contributed by atoms with Crippen LogP contribution in [0.5, 0.6) is 0 Å². The standard InChI is InChI=1S/C16H15Br2N3O2/c17-14-9-13(23-15(14)18)10-19-20-16(22)11-3-5-12(6-4-11)21-7-1-2-8-21/h3-6,9-10H,1-2,7-8H2,(H,20,22)/b19-10-. The molecule has 0 saturated carbocycles. The van der Waals surface area contributed by atoms with Crippen LogP contribution in [0.2, 0.25) is 0 Å². The van der Waals surface area contributed by atoms with Gasteiger partial charge in [-0.3, -0.25) is 4.79 Å². The third-order valence-electron chi connectivity index (χ3n) is 3.62. The molecule has 0 radical (unpaired) electrons. The van der Waals surface area contributed by atoms with Gasteiger partial charge in [0.1, 0.15) is 5.76 Å². The lowest BCUT2D eigenvalue weighted by Crippen LogP contribution is -2.19. The largest absolute Gasteiger partial charge is 0.447 e. The van der Waals surface area contributed by atoms with Crippen LogP contribution >= 0.6 is 31.9 Å². The minimum atomic E-state index is -0.251. The molecule has 1 amide bonds. The summed E-state index contributed by atoms with van der Waals surface area (Å²) in [5.41, 5.74) is 4.23. The monoisotopic (exact) mass is 439 g/mol. The highest BCUT2D eigenvalue weighted by Crippen LogP contribution is 2.25. The number of hydrazone groups is 1. The second-order valence-corrected chi connectivity index (χ2v) is 6.79. The highest BCUT2D eigenvalue weighted by molar-refractivity contribution is 9.13. The summed E-state index contributed by atoms with van der Waals surface area (Å²) in [6, 6.07) is 9.34. The zero-order valence-electron chi connectivity index (χ0n) is 12.3. The fourth-order valence-electron chi connectivity index (χ4n) is 2.44. The van der Waals surface area contributed by atoms with Crippen molar-refractivity contribution in [1.29, 1.82) is 0 Å². The Morgan fingerprint density at radius 1 is 1.22 bits per heavy atom. The highest BCUT2D eigenvalue weighted by atomic mass is 79.9. The lowest BCUT2D eigenvalue weighted by atomic mass is 10.2. The van der Waals surface area contributed by atoms with Gasteiger partial charge in [0, 0.05) is 30.4 Å². The third-order valence-corrected chi connectivity index (χ3v) is 5.33. The molecule has 23 heavy (non-hydrogen) atoms. The molecule has 2 heterocycles. The number of benzene rings is 1. The molecule has 2 aromatic rings. The zero-order valence-corrected chi connectivity index (χ0v) is 15.4. The topological polar surface area (TPSA) is 57.8 Å². The average molecular weight is 441 g/mol. The van der Waals surface area contributed by atoms with Gasteiger partial charge in [-0.05, 0) is 69.0 Å². The maximum atomic E-state index is 12.1. The summed E-state index contributed by atoms with van der Waals surface area (Å²) < 4.78 is 6.72. The molecule has 1 aromatic heterocycles. The molecule has 0 unspecified atom stereocenters. The van der Waals surface area contributed by atoms with Crippen LogP contribution in [0.4, 0.5) is 5.69 Å². The molecule has 1 aliphatic rings. The van der Waals surface area contributed by atoms with E-state index in [-0.39, 0.29) is 5.91 Å². The Balaban J connectivity index is 1.59. The van der Waals surface area contributed by atoms with Crippen LogP contribution in [0.25, 0.3) is 0 Å². The molecule has 1 aromatic carbocycles. The van der Waals surface area contributed by atoms with E-state index >= 15 is 0 Å². The molecule has 7 heteroatoms. The van der Waals surface area contributed by atoms with Crippen LogP contribution in [0.15, 0.2) is 49.0 Å². The molecule has 1 aliphatic heterocycles.